The second-order valence-electron chi connectivity index (χ2n) is 7.83. The summed E-state index contributed by atoms with van der Waals surface area (Å²) in [4.78, 5) is 40.5. The fourth-order valence-electron chi connectivity index (χ4n) is 3.41. The van der Waals surface area contributed by atoms with E-state index in [1.807, 2.05) is 32.9 Å². The van der Waals surface area contributed by atoms with Crippen molar-refractivity contribution in [2.75, 3.05) is 29.9 Å². The molecule has 2 aliphatic rings. The summed E-state index contributed by atoms with van der Waals surface area (Å²) in [5.41, 5.74) is 0.862. The molecule has 2 N–H and O–H groups in total. The summed E-state index contributed by atoms with van der Waals surface area (Å²) in [7, 11) is 0. The van der Waals surface area contributed by atoms with Crippen molar-refractivity contribution in [2.45, 2.75) is 39.7 Å². The Morgan fingerprint density at radius 2 is 2.00 bits per heavy atom. The van der Waals surface area contributed by atoms with Gasteiger partial charge >= 0.3 is 6.03 Å². The van der Waals surface area contributed by atoms with Gasteiger partial charge in [0.1, 0.15) is 6.04 Å². The van der Waals surface area contributed by atoms with Crippen LogP contribution in [-0.2, 0) is 9.59 Å². The molecule has 2 heterocycles. The van der Waals surface area contributed by atoms with Gasteiger partial charge in [-0.05, 0) is 31.0 Å². The average molecular weight is 358 g/mol. The number of anilines is 2. The Hall–Kier alpha value is -2.57. The molecule has 0 aromatic heterocycles. The van der Waals surface area contributed by atoms with Crippen LogP contribution in [0, 0.1) is 5.41 Å². The zero-order valence-corrected chi connectivity index (χ0v) is 15.5. The SMILES string of the molecule is CC(C)(C)C(=O)N1CCC[C@H]1C(=O)Nc1cccc(N2CCNC2=O)c1. The van der Waals surface area contributed by atoms with Gasteiger partial charge in [-0.1, -0.05) is 26.8 Å². The second kappa shape index (κ2) is 6.97. The summed E-state index contributed by atoms with van der Waals surface area (Å²) in [6, 6.07) is 6.65. The molecule has 0 radical (unpaired) electrons. The Morgan fingerprint density at radius 1 is 1.23 bits per heavy atom. The largest absolute Gasteiger partial charge is 0.336 e. The smallest absolute Gasteiger partial charge is 0.321 e. The zero-order valence-electron chi connectivity index (χ0n) is 15.5. The van der Waals surface area contributed by atoms with Gasteiger partial charge in [-0.25, -0.2) is 4.79 Å². The summed E-state index contributed by atoms with van der Waals surface area (Å²) in [6.45, 7) is 7.43. The molecule has 2 saturated heterocycles. The Kier molecular flexibility index (Phi) is 4.89. The summed E-state index contributed by atoms with van der Waals surface area (Å²) in [5.74, 6) is -0.180. The lowest BCUT2D eigenvalue weighted by molar-refractivity contribution is -0.143. The lowest BCUT2D eigenvalue weighted by atomic mass is 9.94. The highest BCUT2D eigenvalue weighted by Gasteiger charge is 2.38. The lowest BCUT2D eigenvalue weighted by Crippen LogP contribution is -2.47. The van der Waals surface area contributed by atoms with E-state index in [0.717, 1.165) is 12.1 Å². The molecule has 0 bridgehead atoms. The maximum atomic E-state index is 12.8. The first-order valence-electron chi connectivity index (χ1n) is 9.05. The molecule has 2 aliphatic heterocycles. The van der Waals surface area contributed by atoms with E-state index in [0.29, 0.717) is 31.7 Å². The average Bonchev–Trinajstić information content (AvgIpc) is 3.22. The third-order valence-corrected chi connectivity index (χ3v) is 4.74. The van der Waals surface area contributed by atoms with Crippen LogP contribution in [0.25, 0.3) is 0 Å². The molecule has 1 atom stereocenters. The van der Waals surface area contributed by atoms with E-state index < -0.39 is 11.5 Å². The number of rotatable bonds is 3. The molecule has 1 aromatic rings. The lowest BCUT2D eigenvalue weighted by Gasteiger charge is -2.30. The van der Waals surface area contributed by atoms with Crippen LogP contribution in [-0.4, -0.2) is 48.4 Å². The number of carbonyl (C=O) groups excluding carboxylic acids is 3. The highest BCUT2D eigenvalue weighted by molar-refractivity contribution is 5.99. The number of carbonyl (C=O) groups is 3. The maximum Gasteiger partial charge on any atom is 0.321 e. The molecule has 0 aliphatic carbocycles. The van der Waals surface area contributed by atoms with Crippen LogP contribution in [0.2, 0.25) is 0 Å². The number of urea groups is 1. The molecule has 0 spiro atoms. The van der Waals surface area contributed by atoms with Crippen LogP contribution < -0.4 is 15.5 Å². The molecule has 2 fully saturated rings. The third kappa shape index (κ3) is 3.66. The van der Waals surface area contributed by atoms with Gasteiger partial charge in [0.05, 0.1) is 0 Å². The predicted octanol–water partition coefficient (Wildman–Crippen LogP) is 2.19. The van der Waals surface area contributed by atoms with Crippen molar-refractivity contribution in [3.05, 3.63) is 24.3 Å². The van der Waals surface area contributed by atoms with Crippen molar-refractivity contribution in [2.24, 2.45) is 5.41 Å². The van der Waals surface area contributed by atoms with Gasteiger partial charge in [0, 0.05) is 36.4 Å². The minimum absolute atomic E-state index is 0.00219. The first kappa shape index (κ1) is 18.2. The number of nitrogens with zero attached hydrogens (tertiary/aromatic N) is 2. The van der Waals surface area contributed by atoms with Crippen molar-refractivity contribution in [3.63, 3.8) is 0 Å². The molecule has 1 aromatic carbocycles. The fourth-order valence-corrected chi connectivity index (χ4v) is 3.41. The summed E-state index contributed by atoms with van der Waals surface area (Å²) in [6.07, 6.45) is 1.50. The van der Waals surface area contributed by atoms with Gasteiger partial charge in [0.25, 0.3) is 0 Å². The molecule has 0 saturated carbocycles. The number of likely N-dealkylation sites (tertiary alicyclic amines) is 1. The predicted molar refractivity (Wildman–Crippen MR) is 100 cm³/mol. The Balaban J connectivity index is 1.71. The normalized spacial score (nSPS) is 20.3. The van der Waals surface area contributed by atoms with Crippen molar-refractivity contribution < 1.29 is 14.4 Å². The molecule has 7 nitrogen and oxygen atoms in total. The van der Waals surface area contributed by atoms with Gasteiger partial charge in [-0.3, -0.25) is 14.5 Å². The molecular weight excluding hydrogens is 332 g/mol. The topological polar surface area (TPSA) is 81.8 Å². The van der Waals surface area contributed by atoms with Crippen molar-refractivity contribution in [1.29, 1.82) is 0 Å². The first-order chi connectivity index (χ1) is 12.3. The van der Waals surface area contributed by atoms with Gasteiger partial charge in [-0.15, -0.1) is 0 Å². The molecular formula is C19H26N4O3. The van der Waals surface area contributed by atoms with Crippen molar-refractivity contribution in [3.8, 4) is 0 Å². The fraction of sp³-hybridized carbons (Fsp3) is 0.526. The van der Waals surface area contributed by atoms with E-state index in [2.05, 4.69) is 10.6 Å². The summed E-state index contributed by atoms with van der Waals surface area (Å²) in [5, 5.41) is 5.67. The van der Waals surface area contributed by atoms with Crippen molar-refractivity contribution >= 4 is 29.2 Å². The van der Waals surface area contributed by atoms with E-state index in [1.165, 1.54) is 0 Å². The van der Waals surface area contributed by atoms with Crippen LogP contribution in [0.1, 0.15) is 33.6 Å². The van der Waals surface area contributed by atoms with E-state index in [4.69, 9.17) is 0 Å². The van der Waals surface area contributed by atoms with E-state index >= 15 is 0 Å². The van der Waals surface area contributed by atoms with Crippen molar-refractivity contribution in [1.82, 2.24) is 10.2 Å². The highest BCUT2D eigenvalue weighted by atomic mass is 16.2. The standard InChI is InChI=1S/C19H26N4O3/c1-19(2,3)17(25)23-10-5-8-15(23)16(24)21-13-6-4-7-14(12-13)22-11-9-20-18(22)26/h4,6-7,12,15H,5,8-11H2,1-3H3,(H,20,26)(H,21,24)/t15-/m0/s1. The minimum atomic E-state index is -0.508. The number of nitrogens with one attached hydrogen (secondary N) is 2. The van der Waals surface area contributed by atoms with Crippen LogP contribution in [0.15, 0.2) is 24.3 Å². The molecule has 0 unspecified atom stereocenters. The first-order valence-corrected chi connectivity index (χ1v) is 9.05. The molecule has 3 rings (SSSR count). The van der Waals surface area contributed by atoms with E-state index in [1.54, 1.807) is 21.9 Å². The maximum absolute atomic E-state index is 12.8. The van der Waals surface area contributed by atoms with Gasteiger partial charge in [-0.2, -0.15) is 0 Å². The quantitative estimate of drug-likeness (QED) is 0.869. The van der Waals surface area contributed by atoms with Gasteiger partial charge in [0.2, 0.25) is 11.8 Å². The third-order valence-electron chi connectivity index (χ3n) is 4.74. The van der Waals surface area contributed by atoms with E-state index in [9.17, 15) is 14.4 Å². The Labute approximate surface area is 153 Å². The van der Waals surface area contributed by atoms with Crippen LogP contribution in [0.5, 0.6) is 0 Å². The molecule has 140 valence electrons. The number of hydrogen-bond acceptors (Lipinski definition) is 3. The summed E-state index contributed by atoms with van der Waals surface area (Å²) < 4.78 is 0. The number of benzene rings is 1. The van der Waals surface area contributed by atoms with Crippen LogP contribution in [0.3, 0.4) is 0 Å². The van der Waals surface area contributed by atoms with Crippen LogP contribution >= 0.6 is 0 Å². The Bertz CT molecular complexity index is 726. The monoisotopic (exact) mass is 358 g/mol. The van der Waals surface area contributed by atoms with Crippen LogP contribution in [0.4, 0.5) is 16.2 Å². The highest BCUT2D eigenvalue weighted by Crippen LogP contribution is 2.27. The molecule has 7 heteroatoms. The Morgan fingerprint density at radius 3 is 2.65 bits per heavy atom. The number of hydrogen-bond donors (Lipinski definition) is 2. The van der Waals surface area contributed by atoms with Gasteiger partial charge < -0.3 is 15.5 Å². The zero-order chi connectivity index (χ0) is 18.9. The molecule has 4 amide bonds. The summed E-state index contributed by atoms with van der Waals surface area (Å²) >= 11 is 0. The van der Waals surface area contributed by atoms with E-state index in [-0.39, 0.29) is 17.8 Å². The second-order valence-corrected chi connectivity index (χ2v) is 7.83. The minimum Gasteiger partial charge on any atom is -0.336 e. The number of amides is 4. The van der Waals surface area contributed by atoms with Gasteiger partial charge in [0.15, 0.2) is 0 Å². The molecule has 26 heavy (non-hydrogen) atoms.